The van der Waals surface area contributed by atoms with Crippen molar-refractivity contribution in [1.29, 1.82) is 0 Å². The van der Waals surface area contributed by atoms with E-state index in [2.05, 4.69) is 21.2 Å². The number of amides is 2. The van der Waals surface area contributed by atoms with Crippen molar-refractivity contribution in [2.75, 3.05) is 13.1 Å². The Labute approximate surface area is 173 Å². The number of primary amides is 1. The van der Waals surface area contributed by atoms with E-state index in [1.54, 1.807) is 19.1 Å². The van der Waals surface area contributed by atoms with Crippen LogP contribution >= 0.6 is 15.9 Å². The molecular formula is C18H24BrN3O5S. The summed E-state index contributed by atoms with van der Waals surface area (Å²) in [6, 6.07) is 5.48. The highest BCUT2D eigenvalue weighted by atomic mass is 79.9. The lowest BCUT2D eigenvalue weighted by molar-refractivity contribution is -0.128. The zero-order chi connectivity index (χ0) is 20.9. The summed E-state index contributed by atoms with van der Waals surface area (Å²) in [5.74, 6) is -1.61. The van der Waals surface area contributed by atoms with Crippen LogP contribution < -0.4 is 11.1 Å². The maximum atomic E-state index is 12.8. The van der Waals surface area contributed by atoms with Gasteiger partial charge in [0.1, 0.15) is 0 Å². The van der Waals surface area contributed by atoms with E-state index in [-0.39, 0.29) is 36.1 Å². The molecule has 0 aliphatic carbocycles. The van der Waals surface area contributed by atoms with E-state index < -0.39 is 27.9 Å². The van der Waals surface area contributed by atoms with Crippen molar-refractivity contribution in [2.24, 2.45) is 11.7 Å². The van der Waals surface area contributed by atoms with Gasteiger partial charge in [-0.2, -0.15) is 4.31 Å². The normalized spacial score (nSPS) is 19.6. The SMILES string of the molecule is CC(CCC(=O)N[C@H]1CCCN(S(=O)(=O)c2ccc(Br)cc2)CC1=O)C(N)=O. The van der Waals surface area contributed by atoms with Gasteiger partial charge in [0, 0.05) is 23.4 Å². The van der Waals surface area contributed by atoms with Gasteiger partial charge in [-0.3, -0.25) is 14.4 Å². The smallest absolute Gasteiger partial charge is 0.243 e. The Bertz CT molecular complexity index is 841. The molecule has 1 aliphatic rings. The number of carbonyl (C=O) groups is 3. The van der Waals surface area contributed by atoms with Crippen molar-refractivity contribution in [3.05, 3.63) is 28.7 Å². The molecule has 1 aliphatic heterocycles. The van der Waals surface area contributed by atoms with Crippen molar-refractivity contribution < 1.29 is 22.8 Å². The summed E-state index contributed by atoms with van der Waals surface area (Å²) in [6.07, 6.45) is 1.19. The molecule has 1 saturated heterocycles. The van der Waals surface area contributed by atoms with E-state index in [0.29, 0.717) is 19.3 Å². The number of nitrogens with zero attached hydrogens (tertiary/aromatic N) is 1. The Morgan fingerprint density at radius 2 is 1.96 bits per heavy atom. The zero-order valence-corrected chi connectivity index (χ0v) is 18.0. The van der Waals surface area contributed by atoms with Crippen LogP contribution in [0.5, 0.6) is 0 Å². The van der Waals surface area contributed by atoms with E-state index in [4.69, 9.17) is 5.73 Å². The fraction of sp³-hybridized carbons (Fsp3) is 0.500. The summed E-state index contributed by atoms with van der Waals surface area (Å²) in [5, 5.41) is 2.65. The molecule has 1 aromatic rings. The first kappa shape index (κ1) is 22.5. The molecule has 1 unspecified atom stereocenters. The summed E-state index contributed by atoms with van der Waals surface area (Å²) in [5.41, 5.74) is 5.17. The molecule has 0 radical (unpaired) electrons. The number of Topliss-reactive ketones (excluding diaryl/α,β-unsaturated/α-hetero) is 1. The third-order valence-corrected chi connectivity index (χ3v) is 7.09. The van der Waals surface area contributed by atoms with Crippen molar-refractivity contribution in [1.82, 2.24) is 9.62 Å². The Hall–Kier alpha value is -1.78. The van der Waals surface area contributed by atoms with Crippen LogP contribution in [0.2, 0.25) is 0 Å². The van der Waals surface area contributed by atoms with Gasteiger partial charge < -0.3 is 11.1 Å². The average molecular weight is 474 g/mol. The third kappa shape index (κ3) is 5.86. The largest absolute Gasteiger partial charge is 0.369 e. The van der Waals surface area contributed by atoms with Crippen LogP contribution in [0.4, 0.5) is 0 Å². The highest BCUT2D eigenvalue weighted by Crippen LogP contribution is 2.21. The second kappa shape index (κ2) is 9.62. The second-order valence-electron chi connectivity index (χ2n) is 6.86. The quantitative estimate of drug-likeness (QED) is 0.614. The fourth-order valence-electron chi connectivity index (χ4n) is 2.87. The summed E-state index contributed by atoms with van der Waals surface area (Å²) in [6.45, 7) is 1.55. The molecule has 0 aromatic heterocycles. The molecule has 1 fully saturated rings. The van der Waals surface area contributed by atoms with Gasteiger partial charge in [0.2, 0.25) is 21.8 Å². The molecule has 0 bridgehead atoms. The maximum absolute atomic E-state index is 12.8. The lowest BCUT2D eigenvalue weighted by Crippen LogP contribution is -2.44. The minimum Gasteiger partial charge on any atom is -0.369 e. The second-order valence-corrected chi connectivity index (χ2v) is 9.72. The molecule has 2 rings (SSSR count). The van der Waals surface area contributed by atoms with Crippen LogP contribution in [0.3, 0.4) is 0 Å². The zero-order valence-electron chi connectivity index (χ0n) is 15.6. The van der Waals surface area contributed by atoms with Gasteiger partial charge in [-0.15, -0.1) is 0 Å². The highest BCUT2D eigenvalue weighted by Gasteiger charge is 2.32. The van der Waals surface area contributed by atoms with Crippen LogP contribution in [-0.4, -0.2) is 49.5 Å². The Kier molecular flexibility index (Phi) is 7.73. The molecule has 2 atom stereocenters. The van der Waals surface area contributed by atoms with Crippen LogP contribution in [-0.2, 0) is 24.4 Å². The van der Waals surface area contributed by atoms with Crippen molar-refractivity contribution in [3.8, 4) is 0 Å². The van der Waals surface area contributed by atoms with Crippen LogP contribution in [0.1, 0.15) is 32.6 Å². The van der Waals surface area contributed by atoms with Crippen molar-refractivity contribution in [3.63, 3.8) is 0 Å². The number of ketones is 1. The van der Waals surface area contributed by atoms with E-state index >= 15 is 0 Å². The van der Waals surface area contributed by atoms with Crippen LogP contribution in [0, 0.1) is 5.92 Å². The molecule has 2 amide bonds. The Morgan fingerprint density at radius 3 is 2.57 bits per heavy atom. The maximum Gasteiger partial charge on any atom is 0.243 e. The monoisotopic (exact) mass is 473 g/mol. The predicted octanol–water partition coefficient (Wildman–Crippen LogP) is 1.19. The predicted molar refractivity (Wildman–Crippen MR) is 107 cm³/mol. The molecule has 3 N–H and O–H groups in total. The van der Waals surface area contributed by atoms with E-state index in [1.165, 1.54) is 12.1 Å². The fourth-order valence-corrected chi connectivity index (χ4v) is 4.57. The molecule has 10 heteroatoms. The molecule has 28 heavy (non-hydrogen) atoms. The van der Waals surface area contributed by atoms with Gasteiger partial charge in [-0.05, 0) is 43.5 Å². The number of halogens is 1. The first-order valence-corrected chi connectivity index (χ1v) is 11.2. The minimum absolute atomic E-state index is 0.0782. The lowest BCUT2D eigenvalue weighted by atomic mass is 10.0. The minimum atomic E-state index is -3.79. The highest BCUT2D eigenvalue weighted by molar-refractivity contribution is 9.10. The third-order valence-electron chi connectivity index (χ3n) is 4.70. The Morgan fingerprint density at radius 1 is 1.32 bits per heavy atom. The first-order chi connectivity index (χ1) is 13.1. The summed E-state index contributed by atoms with van der Waals surface area (Å²) in [7, 11) is -3.79. The molecule has 154 valence electrons. The first-order valence-electron chi connectivity index (χ1n) is 8.98. The lowest BCUT2D eigenvalue weighted by Gasteiger charge is -2.20. The van der Waals surface area contributed by atoms with Crippen LogP contribution in [0.25, 0.3) is 0 Å². The Balaban J connectivity index is 2.00. The molecule has 0 spiro atoms. The number of hydrogen-bond donors (Lipinski definition) is 2. The topological polar surface area (TPSA) is 127 Å². The summed E-state index contributed by atoms with van der Waals surface area (Å²) in [4.78, 5) is 35.8. The number of nitrogens with two attached hydrogens (primary N) is 1. The van der Waals surface area contributed by atoms with Gasteiger partial charge in [-0.1, -0.05) is 22.9 Å². The number of carbonyl (C=O) groups excluding carboxylic acids is 3. The van der Waals surface area contributed by atoms with Crippen molar-refractivity contribution in [2.45, 2.75) is 43.5 Å². The number of sulfonamides is 1. The summed E-state index contributed by atoms with van der Waals surface area (Å²) >= 11 is 3.26. The standard InChI is InChI=1S/C18H24BrN3O5S/c1-12(18(20)25)4-9-17(24)21-15-3-2-10-22(11-16(15)23)28(26,27)14-7-5-13(19)6-8-14/h5-8,12,15H,2-4,9-11H2,1H3,(H2,20,25)(H,21,24)/t12?,15-/m0/s1. The molecule has 0 saturated carbocycles. The van der Waals surface area contributed by atoms with E-state index in [0.717, 1.165) is 8.78 Å². The van der Waals surface area contributed by atoms with E-state index in [1.807, 2.05) is 0 Å². The van der Waals surface area contributed by atoms with Gasteiger partial charge in [0.05, 0.1) is 17.5 Å². The number of nitrogens with one attached hydrogen (secondary N) is 1. The number of benzene rings is 1. The van der Waals surface area contributed by atoms with Gasteiger partial charge >= 0.3 is 0 Å². The number of rotatable bonds is 7. The average Bonchev–Trinajstić information content (AvgIpc) is 2.82. The van der Waals surface area contributed by atoms with Gasteiger partial charge in [0.25, 0.3) is 0 Å². The van der Waals surface area contributed by atoms with Gasteiger partial charge in [0.15, 0.2) is 5.78 Å². The molecule has 8 nitrogen and oxygen atoms in total. The van der Waals surface area contributed by atoms with Crippen molar-refractivity contribution >= 4 is 43.6 Å². The molecule has 1 aromatic carbocycles. The van der Waals surface area contributed by atoms with Crippen LogP contribution in [0.15, 0.2) is 33.6 Å². The van der Waals surface area contributed by atoms with E-state index in [9.17, 15) is 22.8 Å². The molecule has 1 heterocycles. The summed E-state index contributed by atoms with van der Waals surface area (Å²) < 4.78 is 27.5. The van der Waals surface area contributed by atoms with Gasteiger partial charge in [-0.25, -0.2) is 8.42 Å². The molecular weight excluding hydrogens is 450 g/mol. The number of hydrogen-bond acceptors (Lipinski definition) is 5.